The average molecular weight is 188 g/mol. The van der Waals surface area contributed by atoms with Crippen LogP contribution in [0.2, 0.25) is 0 Å². The molecule has 0 spiro atoms. The van der Waals surface area contributed by atoms with Crippen molar-refractivity contribution in [2.75, 3.05) is 11.4 Å². The summed E-state index contributed by atoms with van der Waals surface area (Å²) in [5, 5.41) is 8.69. The van der Waals surface area contributed by atoms with Gasteiger partial charge in [0.15, 0.2) is 4.99 Å². The van der Waals surface area contributed by atoms with E-state index in [1.807, 2.05) is 29.2 Å². The highest BCUT2D eigenvalue weighted by atomic mass is 32.1. The summed E-state index contributed by atoms with van der Waals surface area (Å²) in [5.41, 5.74) is 2.37. The van der Waals surface area contributed by atoms with Crippen LogP contribution in [0.5, 0.6) is 0 Å². The van der Waals surface area contributed by atoms with E-state index in [-0.39, 0.29) is 0 Å². The number of para-hydroxylation sites is 1. The molecule has 0 aromatic heterocycles. The van der Waals surface area contributed by atoms with Crippen molar-refractivity contribution in [2.45, 2.75) is 6.42 Å². The van der Waals surface area contributed by atoms with Crippen LogP contribution in [0.4, 0.5) is 5.69 Å². The van der Waals surface area contributed by atoms with Gasteiger partial charge in [0.2, 0.25) is 0 Å². The summed E-state index contributed by atoms with van der Waals surface area (Å²) in [5.74, 6) is 0. The fourth-order valence-corrected chi connectivity index (χ4v) is 1.80. The van der Waals surface area contributed by atoms with E-state index in [4.69, 9.17) is 17.5 Å². The third kappa shape index (κ3) is 1.30. The average Bonchev–Trinajstić information content (AvgIpc) is 2.60. The molecule has 1 aromatic carbocycles. The standard InChI is InChI=1S/C10H8N2S/c11-7-10(13)12-6-5-8-3-1-2-4-9(8)12/h1-4H,5-6H2. The van der Waals surface area contributed by atoms with Gasteiger partial charge in [0.05, 0.1) is 0 Å². The molecule has 1 aliphatic rings. The summed E-state index contributed by atoms with van der Waals surface area (Å²) in [7, 11) is 0. The van der Waals surface area contributed by atoms with Crippen molar-refractivity contribution >= 4 is 22.9 Å². The summed E-state index contributed by atoms with van der Waals surface area (Å²) >= 11 is 4.96. The Kier molecular flexibility index (Phi) is 1.99. The van der Waals surface area contributed by atoms with Crippen molar-refractivity contribution < 1.29 is 0 Å². The van der Waals surface area contributed by atoms with Gasteiger partial charge in [-0.15, -0.1) is 0 Å². The van der Waals surface area contributed by atoms with Crippen LogP contribution in [0.1, 0.15) is 5.56 Å². The predicted octanol–water partition coefficient (Wildman–Crippen LogP) is 1.90. The lowest BCUT2D eigenvalue weighted by Gasteiger charge is -2.14. The largest absolute Gasteiger partial charge is 0.323 e. The summed E-state index contributed by atoms with van der Waals surface area (Å²) in [4.78, 5) is 2.26. The monoisotopic (exact) mass is 188 g/mol. The van der Waals surface area contributed by atoms with Crippen LogP contribution in [-0.4, -0.2) is 11.5 Å². The molecular weight excluding hydrogens is 180 g/mol. The zero-order valence-electron chi connectivity index (χ0n) is 7.03. The van der Waals surface area contributed by atoms with Crippen LogP contribution in [0, 0.1) is 11.3 Å². The molecule has 64 valence electrons. The van der Waals surface area contributed by atoms with E-state index in [2.05, 4.69) is 6.07 Å². The lowest BCUT2D eigenvalue weighted by molar-refractivity contribution is 1.03. The van der Waals surface area contributed by atoms with E-state index < -0.39 is 0 Å². The van der Waals surface area contributed by atoms with Crippen LogP contribution < -0.4 is 4.90 Å². The summed E-state index contributed by atoms with van der Waals surface area (Å²) in [6.07, 6.45) is 0.984. The SMILES string of the molecule is N#CC(=S)N1CCc2ccccc21. The Labute approximate surface area is 82.4 Å². The van der Waals surface area contributed by atoms with Gasteiger partial charge in [-0.25, -0.2) is 0 Å². The molecule has 0 radical (unpaired) electrons. The number of nitriles is 1. The molecule has 0 aliphatic carbocycles. The molecule has 0 atom stereocenters. The number of fused-ring (bicyclic) bond motifs is 1. The first-order valence-corrected chi connectivity index (χ1v) is 4.53. The second-order valence-corrected chi connectivity index (χ2v) is 3.33. The summed E-state index contributed by atoms with van der Waals surface area (Å²) < 4.78 is 0. The Balaban J connectivity index is 2.40. The van der Waals surface area contributed by atoms with Crippen molar-refractivity contribution in [3.63, 3.8) is 0 Å². The lowest BCUT2D eigenvalue weighted by atomic mass is 10.2. The van der Waals surface area contributed by atoms with E-state index >= 15 is 0 Å². The molecule has 0 bridgehead atoms. The molecule has 1 aromatic rings. The first-order valence-electron chi connectivity index (χ1n) is 4.12. The number of rotatable bonds is 0. The van der Waals surface area contributed by atoms with Gasteiger partial charge < -0.3 is 4.90 Å². The lowest BCUT2D eigenvalue weighted by Crippen LogP contribution is -2.25. The molecule has 13 heavy (non-hydrogen) atoms. The molecule has 0 saturated carbocycles. The minimum atomic E-state index is 0.366. The Hall–Kier alpha value is -1.40. The summed E-state index contributed by atoms with van der Waals surface area (Å²) in [6.45, 7) is 0.839. The van der Waals surface area contributed by atoms with Crippen molar-refractivity contribution in [3.05, 3.63) is 29.8 Å². The molecule has 2 rings (SSSR count). The third-order valence-electron chi connectivity index (χ3n) is 2.23. The molecule has 0 amide bonds. The van der Waals surface area contributed by atoms with Crippen LogP contribution in [-0.2, 0) is 6.42 Å². The second kappa shape index (κ2) is 3.15. The highest BCUT2D eigenvalue weighted by molar-refractivity contribution is 7.81. The molecule has 1 aliphatic heterocycles. The Morgan fingerprint density at radius 2 is 2.23 bits per heavy atom. The van der Waals surface area contributed by atoms with Crippen LogP contribution >= 0.6 is 12.2 Å². The van der Waals surface area contributed by atoms with E-state index in [0.717, 1.165) is 18.7 Å². The van der Waals surface area contributed by atoms with Gasteiger partial charge in [0, 0.05) is 12.2 Å². The maximum atomic E-state index is 8.69. The smallest absolute Gasteiger partial charge is 0.185 e. The molecular formula is C10H8N2S. The topological polar surface area (TPSA) is 27.0 Å². The number of anilines is 1. The van der Waals surface area contributed by atoms with Crippen LogP contribution in [0.15, 0.2) is 24.3 Å². The highest BCUT2D eigenvalue weighted by Gasteiger charge is 2.20. The molecule has 3 heteroatoms. The van der Waals surface area contributed by atoms with Gasteiger partial charge in [-0.3, -0.25) is 0 Å². The molecule has 2 nitrogen and oxygen atoms in total. The zero-order valence-corrected chi connectivity index (χ0v) is 7.84. The van der Waals surface area contributed by atoms with E-state index in [9.17, 15) is 0 Å². The van der Waals surface area contributed by atoms with Gasteiger partial charge in [0.1, 0.15) is 6.07 Å². The van der Waals surface area contributed by atoms with Crippen molar-refractivity contribution in [2.24, 2.45) is 0 Å². The number of hydrogen-bond acceptors (Lipinski definition) is 2. The van der Waals surface area contributed by atoms with Gasteiger partial charge in [0.25, 0.3) is 0 Å². The van der Waals surface area contributed by atoms with Crippen molar-refractivity contribution in [3.8, 4) is 6.07 Å². The molecule has 0 N–H and O–H groups in total. The third-order valence-corrected chi connectivity index (χ3v) is 2.54. The zero-order chi connectivity index (χ0) is 9.26. The maximum Gasteiger partial charge on any atom is 0.185 e. The highest BCUT2D eigenvalue weighted by Crippen LogP contribution is 2.27. The molecule has 1 heterocycles. The molecule has 0 unspecified atom stereocenters. The van der Waals surface area contributed by atoms with E-state index in [1.165, 1.54) is 5.56 Å². The Morgan fingerprint density at radius 1 is 1.46 bits per heavy atom. The number of nitrogens with zero attached hydrogens (tertiary/aromatic N) is 2. The second-order valence-electron chi connectivity index (χ2n) is 2.95. The van der Waals surface area contributed by atoms with Crippen molar-refractivity contribution in [1.29, 1.82) is 5.26 Å². The van der Waals surface area contributed by atoms with E-state index in [1.54, 1.807) is 0 Å². The van der Waals surface area contributed by atoms with Gasteiger partial charge >= 0.3 is 0 Å². The maximum absolute atomic E-state index is 8.69. The summed E-state index contributed by atoms with van der Waals surface area (Å²) in [6, 6.07) is 10.1. The quantitative estimate of drug-likeness (QED) is 0.582. The normalized spacial score (nSPS) is 13.6. The Morgan fingerprint density at radius 3 is 3.00 bits per heavy atom. The molecule has 0 fully saturated rings. The first-order chi connectivity index (χ1) is 6.33. The minimum Gasteiger partial charge on any atom is -0.323 e. The van der Waals surface area contributed by atoms with Crippen LogP contribution in [0.25, 0.3) is 0 Å². The van der Waals surface area contributed by atoms with Gasteiger partial charge in [-0.05, 0) is 30.3 Å². The first kappa shape index (κ1) is 8.21. The number of hydrogen-bond donors (Lipinski definition) is 0. The number of thiocarbonyl (C=S) groups is 1. The minimum absolute atomic E-state index is 0.366. The van der Waals surface area contributed by atoms with Crippen molar-refractivity contribution in [1.82, 2.24) is 0 Å². The Bertz CT molecular complexity index is 392. The van der Waals surface area contributed by atoms with Gasteiger partial charge in [-0.2, -0.15) is 5.26 Å². The van der Waals surface area contributed by atoms with Crippen LogP contribution in [0.3, 0.4) is 0 Å². The molecule has 0 saturated heterocycles. The predicted molar refractivity (Wildman–Crippen MR) is 55.7 cm³/mol. The number of benzene rings is 1. The fourth-order valence-electron chi connectivity index (χ4n) is 1.61. The van der Waals surface area contributed by atoms with Gasteiger partial charge in [-0.1, -0.05) is 18.2 Å². The fraction of sp³-hybridized carbons (Fsp3) is 0.200. The van der Waals surface area contributed by atoms with E-state index in [0.29, 0.717) is 4.99 Å².